The Morgan fingerprint density at radius 2 is 2.00 bits per heavy atom. The Bertz CT molecular complexity index is 452. The first-order valence-electron chi connectivity index (χ1n) is 8.17. The predicted octanol–water partition coefficient (Wildman–Crippen LogP) is -0.244. The van der Waals surface area contributed by atoms with Crippen molar-refractivity contribution in [2.45, 2.75) is 26.7 Å². The van der Waals surface area contributed by atoms with Crippen molar-refractivity contribution >= 4 is 24.0 Å². The second-order valence-electron chi connectivity index (χ2n) is 5.89. The Balaban J connectivity index is 2.12. The summed E-state index contributed by atoms with van der Waals surface area (Å²) < 4.78 is 10.1. The van der Waals surface area contributed by atoms with E-state index >= 15 is 0 Å². The van der Waals surface area contributed by atoms with Gasteiger partial charge in [-0.1, -0.05) is 13.8 Å². The summed E-state index contributed by atoms with van der Waals surface area (Å²) in [6.45, 7) is 5.32. The number of imide groups is 1. The lowest BCUT2D eigenvalue weighted by Gasteiger charge is -2.16. The van der Waals surface area contributed by atoms with Gasteiger partial charge < -0.3 is 19.6 Å². The van der Waals surface area contributed by atoms with Gasteiger partial charge in [-0.2, -0.15) is 0 Å². The molecular weight excluding hydrogens is 316 g/mol. The molecule has 0 spiro atoms. The van der Waals surface area contributed by atoms with Gasteiger partial charge in [0.2, 0.25) is 17.7 Å². The van der Waals surface area contributed by atoms with Crippen LogP contribution in [0.4, 0.5) is 0 Å². The molecule has 1 unspecified atom stereocenters. The van der Waals surface area contributed by atoms with Crippen LogP contribution in [0.3, 0.4) is 0 Å². The van der Waals surface area contributed by atoms with E-state index < -0.39 is 0 Å². The van der Waals surface area contributed by atoms with E-state index in [0.29, 0.717) is 32.7 Å². The van der Waals surface area contributed by atoms with Crippen LogP contribution in [0.5, 0.6) is 0 Å². The van der Waals surface area contributed by atoms with Crippen LogP contribution in [0.1, 0.15) is 26.7 Å². The van der Waals surface area contributed by atoms with Gasteiger partial charge >= 0.3 is 0 Å². The van der Waals surface area contributed by atoms with E-state index in [-0.39, 0.29) is 55.6 Å². The van der Waals surface area contributed by atoms with Crippen LogP contribution in [0.25, 0.3) is 0 Å². The Morgan fingerprint density at radius 1 is 1.29 bits per heavy atom. The van der Waals surface area contributed by atoms with Crippen molar-refractivity contribution in [3.05, 3.63) is 0 Å². The molecule has 0 aromatic heterocycles. The van der Waals surface area contributed by atoms with E-state index in [1.807, 2.05) is 13.8 Å². The van der Waals surface area contributed by atoms with Crippen molar-refractivity contribution in [1.82, 2.24) is 10.2 Å². The SMILES string of the molecule is CC(C)C1CC(=O)N(CCC(=O)NCCOCCOCC=O)C1=O. The molecule has 24 heavy (non-hydrogen) atoms. The van der Waals surface area contributed by atoms with Gasteiger partial charge in [-0.05, 0) is 5.92 Å². The van der Waals surface area contributed by atoms with Gasteiger partial charge in [0, 0.05) is 31.8 Å². The van der Waals surface area contributed by atoms with E-state index in [1.54, 1.807) is 0 Å². The van der Waals surface area contributed by atoms with Crippen LogP contribution in [-0.2, 0) is 28.7 Å². The fourth-order valence-corrected chi connectivity index (χ4v) is 2.38. The number of hydrogen-bond donors (Lipinski definition) is 1. The third kappa shape index (κ3) is 6.76. The van der Waals surface area contributed by atoms with Crippen molar-refractivity contribution in [3.63, 3.8) is 0 Å². The van der Waals surface area contributed by atoms with Crippen molar-refractivity contribution in [3.8, 4) is 0 Å². The number of hydrogen-bond acceptors (Lipinski definition) is 6. The summed E-state index contributed by atoms with van der Waals surface area (Å²) in [7, 11) is 0. The molecule has 0 aromatic rings. The number of amides is 3. The van der Waals surface area contributed by atoms with Gasteiger partial charge in [0.05, 0.1) is 19.8 Å². The lowest BCUT2D eigenvalue weighted by atomic mass is 9.94. The number of ether oxygens (including phenoxy) is 2. The minimum Gasteiger partial charge on any atom is -0.377 e. The van der Waals surface area contributed by atoms with Gasteiger partial charge in [0.25, 0.3) is 0 Å². The molecule has 1 fully saturated rings. The lowest BCUT2D eigenvalue weighted by Crippen LogP contribution is -2.36. The third-order valence-corrected chi connectivity index (χ3v) is 3.77. The number of rotatable bonds is 12. The van der Waals surface area contributed by atoms with E-state index in [1.165, 1.54) is 4.90 Å². The van der Waals surface area contributed by atoms with Crippen LogP contribution in [-0.4, -0.2) is 68.4 Å². The maximum absolute atomic E-state index is 12.1. The third-order valence-electron chi connectivity index (χ3n) is 3.77. The highest BCUT2D eigenvalue weighted by Crippen LogP contribution is 2.26. The fraction of sp³-hybridized carbons (Fsp3) is 0.750. The molecule has 0 aromatic carbocycles. The minimum atomic E-state index is -0.268. The zero-order chi connectivity index (χ0) is 17.9. The van der Waals surface area contributed by atoms with Gasteiger partial charge in [0.15, 0.2) is 0 Å². The first-order valence-corrected chi connectivity index (χ1v) is 8.17. The molecule has 8 nitrogen and oxygen atoms in total. The standard InChI is InChI=1S/C16H26N2O6/c1-12(2)13-11-15(21)18(16(13)22)5-3-14(20)17-4-7-23-9-10-24-8-6-19/h6,12-13H,3-5,7-11H2,1-2H3,(H,17,20). The molecule has 1 atom stereocenters. The van der Waals surface area contributed by atoms with Crippen LogP contribution in [0.2, 0.25) is 0 Å². The Kier molecular flexibility index (Phi) is 9.18. The molecule has 0 aliphatic carbocycles. The van der Waals surface area contributed by atoms with Crippen molar-refractivity contribution in [2.75, 3.05) is 39.5 Å². The second kappa shape index (κ2) is 10.9. The van der Waals surface area contributed by atoms with Gasteiger partial charge in [-0.15, -0.1) is 0 Å². The fourth-order valence-electron chi connectivity index (χ4n) is 2.38. The number of nitrogens with zero attached hydrogens (tertiary/aromatic N) is 1. The highest BCUT2D eigenvalue weighted by molar-refractivity contribution is 6.03. The first-order chi connectivity index (χ1) is 11.5. The summed E-state index contributed by atoms with van der Waals surface area (Å²) in [5.74, 6) is -0.764. The molecule has 0 saturated carbocycles. The van der Waals surface area contributed by atoms with Crippen molar-refractivity contribution in [2.24, 2.45) is 11.8 Å². The maximum Gasteiger partial charge on any atom is 0.233 e. The number of likely N-dealkylation sites (tertiary alicyclic amines) is 1. The van der Waals surface area contributed by atoms with Gasteiger partial charge in [-0.25, -0.2) is 0 Å². The molecule has 0 radical (unpaired) electrons. The molecule has 1 aliphatic heterocycles. The molecule has 136 valence electrons. The van der Waals surface area contributed by atoms with Crippen LogP contribution < -0.4 is 5.32 Å². The number of aldehydes is 1. The van der Waals surface area contributed by atoms with E-state index in [4.69, 9.17) is 9.47 Å². The van der Waals surface area contributed by atoms with Crippen molar-refractivity contribution in [1.29, 1.82) is 0 Å². The molecule has 1 aliphatic rings. The number of carbonyl (C=O) groups is 4. The van der Waals surface area contributed by atoms with Crippen molar-refractivity contribution < 1.29 is 28.7 Å². The molecule has 0 bridgehead atoms. The first kappa shape index (κ1) is 20.2. The van der Waals surface area contributed by atoms with E-state index in [9.17, 15) is 19.2 Å². The van der Waals surface area contributed by atoms with Gasteiger partial charge in [-0.3, -0.25) is 19.3 Å². The Morgan fingerprint density at radius 3 is 2.62 bits per heavy atom. The highest BCUT2D eigenvalue weighted by atomic mass is 16.5. The molecule has 1 rings (SSSR count). The smallest absolute Gasteiger partial charge is 0.233 e. The van der Waals surface area contributed by atoms with Crippen LogP contribution in [0, 0.1) is 11.8 Å². The zero-order valence-electron chi connectivity index (χ0n) is 14.3. The molecular formula is C16H26N2O6. The van der Waals surface area contributed by atoms with E-state index in [2.05, 4.69) is 5.32 Å². The Hall–Kier alpha value is -1.80. The summed E-state index contributed by atoms with van der Waals surface area (Å²) in [6.07, 6.45) is 0.988. The summed E-state index contributed by atoms with van der Waals surface area (Å²) in [5, 5.41) is 2.66. The molecule has 1 N–H and O–H groups in total. The summed E-state index contributed by atoms with van der Waals surface area (Å²) in [4.78, 5) is 46.8. The average Bonchev–Trinajstić information content (AvgIpc) is 2.82. The monoisotopic (exact) mass is 342 g/mol. The lowest BCUT2D eigenvalue weighted by molar-refractivity contribution is -0.140. The predicted molar refractivity (Wildman–Crippen MR) is 85.0 cm³/mol. The topological polar surface area (TPSA) is 102 Å². The maximum atomic E-state index is 12.1. The normalized spacial score (nSPS) is 17.6. The minimum absolute atomic E-state index is 0.0473. The Labute approximate surface area is 141 Å². The van der Waals surface area contributed by atoms with Crippen LogP contribution >= 0.6 is 0 Å². The number of nitrogens with one attached hydrogen (secondary N) is 1. The van der Waals surface area contributed by atoms with Crippen LogP contribution in [0.15, 0.2) is 0 Å². The largest absolute Gasteiger partial charge is 0.377 e. The molecule has 8 heteroatoms. The average molecular weight is 342 g/mol. The van der Waals surface area contributed by atoms with E-state index in [0.717, 1.165) is 0 Å². The summed E-state index contributed by atoms with van der Waals surface area (Å²) >= 11 is 0. The molecule has 3 amide bonds. The zero-order valence-corrected chi connectivity index (χ0v) is 14.3. The summed E-state index contributed by atoms with van der Waals surface area (Å²) in [6, 6.07) is 0. The number of carbonyl (C=O) groups excluding carboxylic acids is 4. The van der Waals surface area contributed by atoms with Gasteiger partial charge in [0.1, 0.15) is 12.9 Å². The highest BCUT2D eigenvalue weighted by Gasteiger charge is 2.39. The molecule has 1 saturated heterocycles. The summed E-state index contributed by atoms with van der Waals surface area (Å²) in [5.41, 5.74) is 0. The second-order valence-corrected chi connectivity index (χ2v) is 5.89. The molecule has 1 heterocycles. The quantitative estimate of drug-likeness (QED) is 0.298.